The fourth-order valence-electron chi connectivity index (χ4n) is 4.63. The minimum Gasteiger partial charge on any atom is -0.492 e. The summed E-state index contributed by atoms with van der Waals surface area (Å²) in [7, 11) is -7.17. The first-order chi connectivity index (χ1) is 26.3. The van der Waals surface area contributed by atoms with Crippen LogP contribution in [-0.2, 0) is 19.7 Å². The van der Waals surface area contributed by atoms with Gasteiger partial charge in [-0.15, -0.1) is 0 Å². The molecule has 276 valence electrons. The van der Waals surface area contributed by atoms with Gasteiger partial charge < -0.3 is 24.4 Å². The number of aromatic carboxylic acids is 2. The number of nitrogens with one attached hydrogen (secondary N) is 1. The van der Waals surface area contributed by atoms with Crippen LogP contribution in [0.3, 0.4) is 0 Å². The predicted molar refractivity (Wildman–Crippen MR) is 186 cm³/mol. The van der Waals surface area contributed by atoms with Crippen LogP contribution in [-0.4, -0.2) is 76.5 Å². The van der Waals surface area contributed by atoms with Gasteiger partial charge in [-0.25, -0.2) is 36.2 Å². The summed E-state index contributed by atoms with van der Waals surface area (Å²) in [6.07, 6.45) is 0. The van der Waals surface area contributed by atoms with E-state index < -0.39 is 66.2 Å². The Morgan fingerprint density at radius 1 is 0.782 bits per heavy atom. The Morgan fingerprint density at radius 2 is 1.47 bits per heavy atom. The first-order valence-corrected chi connectivity index (χ1v) is 18.1. The van der Waals surface area contributed by atoms with Gasteiger partial charge in [-0.2, -0.15) is 4.39 Å². The van der Waals surface area contributed by atoms with Crippen LogP contribution in [0.25, 0.3) is 5.69 Å². The number of hydrogen-bond donors (Lipinski definition) is 3. The van der Waals surface area contributed by atoms with Crippen molar-refractivity contribution in [2.24, 2.45) is 0 Å². The summed E-state index contributed by atoms with van der Waals surface area (Å²) in [6.45, 7) is 0. The second kappa shape index (κ2) is 15.2. The molecule has 0 spiro atoms. The van der Waals surface area contributed by atoms with E-state index in [1.54, 1.807) is 6.07 Å². The third-order valence-corrected chi connectivity index (χ3v) is 9.72. The van der Waals surface area contributed by atoms with Crippen molar-refractivity contribution in [3.63, 3.8) is 0 Å². The van der Waals surface area contributed by atoms with Crippen molar-refractivity contribution in [1.29, 1.82) is 0 Å². The molecule has 0 fully saturated rings. The van der Waals surface area contributed by atoms with Gasteiger partial charge in [-0.1, -0.05) is 44.9 Å². The van der Waals surface area contributed by atoms with E-state index in [-0.39, 0.29) is 38.2 Å². The lowest BCUT2D eigenvalue weighted by Crippen LogP contribution is -2.09. The SMILES string of the molecule is COc1c(C#CS(=O)(=O)c2ccccc2)ccc(Oc2nnn(-c3ccc(S(=O)(=O)C#Cc4cccc(Oc5nn[nH]c5C(=O)O)c4)cc3)c2C(=O)O)c1F. The largest absolute Gasteiger partial charge is 0.492 e. The number of sulfone groups is 2. The summed E-state index contributed by atoms with van der Waals surface area (Å²) in [5.41, 5.74) is -0.957. The van der Waals surface area contributed by atoms with E-state index in [9.17, 15) is 36.6 Å². The van der Waals surface area contributed by atoms with Crippen LogP contribution in [0.15, 0.2) is 101 Å². The number of carboxylic acid groups (broad SMARTS) is 2. The second-order valence-electron chi connectivity index (χ2n) is 10.7. The smallest absolute Gasteiger partial charge is 0.360 e. The van der Waals surface area contributed by atoms with Gasteiger partial charge in [0.2, 0.25) is 36.9 Å². The number of ether oxygens (including phenoxy) is 3. The standard InChI is InChI=1S/C35H21FN6O11S2/c1-51-31-22(17-19-55(49,50)25-8-3-2-4-9-25)10-15-27(28(31)36)53-33-30(35(45)46)42(41-39-33)23-11-13-26(14-12-23)54(47,48)18-16-21-6-5-7-24(20-21)52-32-29(34(43)44)37-40-38-32/h2-15,20H,1H3,(H,43,44)(H,45,46)(H,37,38,40). The topological polar surface area (TPSA) is 243 Å². The van der Waals surface area contributed by atoms with Gasteiger partial charge in [0, 0.05) is 16.1 Å². The van der Waals surface area contributed by atoms with Gasteiger partial charge in [-0.3, -0.25) is 0 Å². The lowest BCUT2D eigenvalue weighted by Gasteiger charge is -2.10. The maximum absolute atomic E-state index is 15.5. The summed E-state index contributed by atoms with van der Waals surface area (Å²) in [5, 5.41) is 40.1. The van der Waals surface area contributed by atoms with Gasteiger partial charge in [0.25, 0.3) is 11.8 Å². The predicted octanol–water partition coefficient (Wildman–Crippen LogP) is 4.08. The molecule has 17 nitrogen and oxygen atoms in total. The van der Waals surface area contributed by atoms with Crippen LogP contribution >= 0.6 is 0 Å². The molecule has 2 aromatic heterocycles. The maximum Gasteiger partial charge on any atom is 0.360 e. The molecule has 0 aliphatic carbocycles. The van der Waals surface area contributed by atoms with Crippen molar-refractivity contribution in [2.45, 2.75) is 9.79 Å². The highest BCUT2D eigenvalue weighted by molar-refractivity contribution is 7.96. The molecule has 0 unspecified atom stereocenters. The van der Waals surface area contributed by atoms with Crippen LogP contribution in [0.4, 0.5) is 4.39 Å². The molecule has 2 heterocycles. The van der Waals surface area contributed by atoms with Gasteiger partial charge in [-0.05, 0) is 78.6 Å². The summed E-state index contributed by atoms with van der Waals surface area (Å²) < 4.78 is 83.6. The van der Waals surface area contributed by atoms with E-state index in [0.717, 1.165) is 30.0 Å². The van der Waals surface area contributed by atoms with Crippen molar-refractivity contribution in [3.05, 3.63) is 119 Å². The summed E-state index contributed by atoms with van der Waals surface area (Å²) >= 11 is 0. The number of carboxylic acids is 2. The number of nitrogens with zero attached hydrogens (tertiary/aromatic N) is 5. The van der Waals surface area contributed by atoms with E-state index in [1.807, 2.05) is 0 Å². The van der Waals surface area contributed by atoms with Gasteiger partial charge in [0.1, 0.15) is 5.75 Å². The number of halogens is 1. The number of rotatable bonds is 10. The molecule has 20 heteroatoms. The molecule has 0 radical (unpaired) electrons. The lowest BCUT2D eigenvalue weighted by molar-refractivity contribution is 0.0674. The quantitative estimate of drug-likeness (QED) is 0.166. The molecule has 3 N–H and O–H groups in total. The van der Waals surface area contributed by atoms with Gasteiger partial charge in [0.15, 0.2) is 11.5 Å². The zero-order chi connectivity index (χ0) is 39.3. The number of aromatic amines is 1. The highest BCUT2D eigenvalue weighted by Crippen LogP contribution is 2.34. The van der Waals surface area contributed by atoms with E-state index in [0.29, 0.717) is 0 Å². The van der Waals surface area contributed by atoms with Crippen LogP contribution in [0.1, 0.15) is 32.1 Å². The summed E-state index contributed by atoms with van der Waals surface area (Å²) in [4.78, 5) is 23.2. The molecule has 0 aliphatic rings. The van der Waals surface area contributed by atoms with E-state index >= 15 is 4.39 Å². The third kappa shape index (κ3) is 8.10. The first kappa shape index (κ1) is 37.2. The van der Waals surface area contributed by atoms with Gasteiger partial charge in [0.05, 0.1) is 28.2 Å². The minimum atomic E-state index is -4.23. The van der Waals surface area contributed by atoms with Crippen molar-refractivity contribution in [3.8, 4) is 57.0 Å². The molecule has 6 rings (SSSR count). The van der Waals surface area contributed by atoms with Gasteiger partial charge >= 0.3 is 11.9 Å². The molecular formula is C35H21FN6O11S2. The maximum atomic E-state index is 15.5. The van der Waals surface area contributed by atoms with Crippen LogP contribution in [0.2, 0.25) is 0 Å². The Kier molecular flexibility index (Phi) is 10.3. The Morgan fingerprint density at radius 3 is 2.15 bits per heavy atom. The van der Waals surface area contributed by atoms with E-state index in [2.05, 4.69) is 48.1 Å². The molecule has 6 aromatic rings. The number of H-pyrrole nitrogens is 1. The Balaban J connectivity index is 1.21. The average Bonchev–Trinajstić information content (AvgIpc) is 3.82. The van der Waals surface area contributed by atoms with Crippen molar-refractivity contribution in [1.82, 2.24) is 30.4 Å². The fourth-order valence-corrected chi connectivity index (χ4v) is 6.37. The monoisotopic (exact) mass is 784 g/mol. The zero-order valence-corrected chi connectivity index (χ0v) is 29.3. The Labute approximate surface area is 309 Å². The van der Waals surface area contributed by atoms with Crippen molar-refractivity contribution >= 4 is 31.6 Å². The van der Waals surface area contributed by atoms with E-state index in [4.69, 9.17) is 14.2 Å². The highest BCUT2D eigenvalue weighted by atomic mass is 32.2. The molecule has 0 aliphatic heterocycles. The van der Waals surface area contributed by atoms with Crippen LogP contribution in [0, 0.1) is 28.2 Å². The summed E-state index contributed by atoms with van der Waals surface area (Å²) in [6, 6.07) is 20.2. The third-order valence-electron chi connectivity index (χ3n) is 7.19. The second-order valence-corrected chi connectivity index (χ2v) is 14.1. The number of benzene rings is 4. The Bertz CT molecular complexity index is 2820. The first-order valence-electron chi connectivity index (χ1n) is 15.1. The molecule has 4 aromatic carbocycles. The van der Waals surface area contributed by atoms with Crippen LogP contribution < -0.4 is 14.2 Å². The number of carbonyl (C=O) groups is 2. The van der Waals surface area contributed by atoms with Crippen molar-refractivity contribution in [2.75, 3.05) is 7.11 Å². The molecule has 0 bridgehead atoms. The molecular weight excluding hydrogens is 764 g/mol. The average molecular weight is 785 g/mol. The summed E-state index contributed by atoms with van der Waals surface area (Å²) in [5.74, 6) is -1.10. The van der Waals surface area contributed by atoms with Crippen molar-refractivity contribution < 1.29 is 55.2 Å². The molecule has 55 heavy (non-hydrogen) atoms. The number of aromatic nitrogens is 6. The Hall–Kier alpha value is -7.55. The zero-order valence-electron chi connectivity index (χ0n) is 27.7. The van der Waals surface area contributed by atoms with Crippen LogP contribution in [0.5, 0.6) is 29.0 Å². The molecule has 0 saturated carbocycles. The number of methoxy groups -OCH3 is 1. The molecule has 0 amide bonds. The highest BCUT2D eigenvalue weighted by Gasteiger charge is 2.26. The molecule has 0 saturated heterocycles. The lowest BCUT2D eigenvalue weighted by atomic mass is 10.2. The normalized spacial score (nSPS) is 11.0. The minimum absolute atomic E-state index is 0.0356. The van der Waals surface area contributed by atoms with E-state index in [1.165, 1.54) is 66.7 Å². The molecule has 0 atom stereocenters. The number of hydrogen-bond acceptors (Lipinski definition) is 13. The fraction of sp³-hybridized carbons (Fsp3) is 0.0286.